The number of benzene rings is 2. The number of aromatic hydroxyl groups is 1. The highest BCUT2D eigenvalue weighted by Gasteiger charge is 2.39. The van der Waals surface area contributed by atoms with Crippen molar-refractivity contribution in [2.24, 2.45) is 0 Å². The van der Waals surface area contributed by atoms with E-state index in [0.717, 1.165) is 42.6 Å². The van der Waals surface area contributed by atoms with Gasteiger partial charge >= 0.3 is 18.1 Å². The van der Waals surface area contributed by atoms with Crippen molar-refractivity contribution in [2.45, 2.75) is 95.8 Å². The standard InChI is InChI=1S/C37H49BN5O7/c1-24-21-25(22-29(38-2)33(24)44)23-32(34(45)40-16-11-27(12-17-40)42-15-6-5-9-31(42)35(46)47)50-37(49)41-18-13-28(14-19-41)43-20-10-26-7-3-4-8-30(26)39-36(43)48/h3-4,7-8,21-22,27-28,31-32,44H,5-6,9-20,23H2,1-2H3,(H,39,48)(H,46,47)/t31-,32-/m1/s1. The molecule has 3 saturated heterocycles. The number of rotatable bonds is 8. The van der Waals surface area contributed by atoms with Crippen LogP contribution in [0.25, 0.3) is 0 Å². The molecule has 1 radical (unpaired) electrons. The molecule has 0 aromatic heterocycles. The Hall–Kier alpha value is -4.26. The molecule has 4 aliphatic heterocycles. The van der Waals surface area contributed by atoms with E-state index in [1.165, 1.54) is 0 Å². The third-order valence-corrected chi connectivity index (χ3v) is 11.0. The first kappa shape index (κ1) is 35.6. The van der Waals surface area contributed by atoms with Crippen LogP contribution in [0.2, 0.25) is 6.82 Å². The van der Waals surface area contributed by atoms with Crippen LogP contribution in [0.5, 0.6) is 5.75 Å². The highest BCUT2D eigenvalue weighted by molar-refractivity contribution is 6.53. The maximum absolute atomic E-state index is 14.1. The zero-order valence-corrected chi connectivity index (χ0v) is 29.2. The lowest BCUT2D eigenvalue weighted by molar-refractivity contribution is -0.148. The molecule has 3 N–H and O–H groups in total. The number of aliphatic carboxylic acids is 1. The van der Waals surface area contributed by atoms with Crippen LogP contribution in [0.4, 0.5) is 15.3 Å². The Morgan fingerprint density at radius 3 is 2.36 bits per heavy atom. The quantitative estimate of drug-likeness (QED) is 0.358. The normalized spacial score (nSPS) is 21.5. The van der Waals surface area contributed by atoms with Crippen LogP contribution in [-0.4, -0.2) is 125 Å². The lowest BCUT2D eigenvalue weighted by atomic mass is 9.71. The number of hydrogen-bond acceptors (Lipinski definition) is 7. The van der Waals surface area contributed by atoms with Gasteiger partial charge in [0.15, 0.2) is 13.4 Å². The molecule has 2 atom stereocenters. The van der Waals surface area contributed by atoms with E-state index in [0.29, 0.717) is 75.9 Å². The van der Waals surface area contributed by atoms with Crippen molar-refractivity contribution in [3.05, 3.63) is 53.1 Å². The summed E-state index contributed by atoms with van der Waals surface area (Å²) >= 11 is 0. The molecule has 0 aliphatic carbocycles. The maximum atomic E-state index is 14.1. The molecule has 2 aromatic rings. The van der Waals surface area contributed by atoms with E-state index in [2.05, 4.69) is 10.2 Å². The molecule has 6 rings (SSSR count). The number of carbonyl (C=O) groups is 4. The van der Waals surface area contributed by atoms with Gasteiger partial charge in [0.25, 0.3) is 5.91 Å². The smallest absolute Gasteiger partial charge is 0.410 e. The summed E-state index contributed by atoms with van der Waals surface area (Å²) in [6.07, 6.45) is 4.34. The number of phenolic OH excluding ortho intramolecular Hbond substituents is 1. The first-order chi connectivity index (χ1) is 24.1. The van der Waals surface area contributed by atoms with E-state index in [9.17, 15) is 29.4 Å². The van der Waals surface area contributed by atoms with Gasteiger partial charge in [-0.2, -0.15) is 0 Å². The van der Waals surface area contributed by atoms with Gasteiger partial charge in [0.05, 0.1) is 0 Å². The third-order valence-electron chi connectivity index (χ3n) is 11.0. The van der Waals surface area contributed by atoms with Crippen LogP contribution in [0, 0.1) is 6.92 Å². The Labute approximate surface area is 295 Å². The van der Waals surface area contributed by atoms with Crippen LogP contribution >= 0.6 is 0 Å². The van der Waals surface area contributed by atoms with Crippen molar-refractivity contribution in [1.82, 2.24) is 19.6 Å². The van der Waals surface area contributed by atoms with Gasteiger partial charge in [-0.1, -0.05) is 43.6 Å². The van der Waals surface area contributed by atoms with Gasteiger partial charge in [-0.05, 0) is 86.6 Å². The Kier molecular flexibility index (Phi) is 11.2. The monoisotopic (exact) mass is 686 g/mol. The van der Waals surface area contributed by atoms with Gasteiger partial charge < -0.3 is 35.0 Å². The number of amides is 4. The van der Waals surface area contributed by atoms with E-state index >= 15 is 0 Å². The van der Waals surface area contributed by atoms with Gasteiger partial charge in [0.2, 0.25) is 0 Å². The SMILES string of the molecule is C[B]c1cc(C[C@@H](OC(=O)N2CCC(N3CCc4ccccc4NC3=O)CC2)C(=O)N2CCC(N3CCCC[C@@H]3C(=O)O)CC2)cc(C)c1O. The summed E-state index contributed by atoms with van der Waals surface area (Å²) in [5.74, 6) is -0.874. The Balaban J connectivity index is 1.11. The van der Waals surface area contributed by atoms with Crippen molar-refractivity contribution in [3.8, 4) is 5.75 Å². The predicted octanol–water partition coefficient (Wildman–Crippen LogP) is 3.61. The molecule has 4 amide bonds. The molecule has 4 aliphatic rings. The molecule has 50 heavy (non-hydrogen) atoms. The number of nitrogens with one attached hydrogen (secondary N) is 1. The lowest BCUT2D eigenvalue weighted by Gasteiger charge is -2.43. The van der Waals surface area contributed by atoms with Crippen LogP contribution in [0.1, 0.15) is 61.6 Å². The highest BCUT2D eigenvalue weighted by Crippen LogP contribution is 2.28. The van der Waals surface area contributed by atoms with Crippen molar-refractivity contribution in [2.75, 3.05) is 44.6 Å². The van der Waals surface area contributed by atoms with Gasteiger partial charge in [-0.25, -0.2) is 9.59 Å². The number of aryl methyl sites for hydroxylation is 1. The fourth-order valence-corrected chi connectivity index (χ4v) is 8.19. The first-order valence-electron chi connectivity index (χ1n) is 18.1. The number of hydrogen-bond donors (Lipinski definition) is 3. The van der Waals surface area contributed by atoms with Crippen molar-refractivity contribution in [3.63, 3.8) is 0 Å². The first-order valence-corrected chi connectivity index (χ1v) is 18.1. The molecule has 0 bridgehead atoms. The molecular formula is C37H49BN5O7. The Bertz CT molecular complexity index is 1570. The topological polar surface area (TPSA) is 143 Å². The third kappa shape index (κ3) is 7.88. The number of para-hydroxylation sites is 1. The minimum atomic E-state index is -1.07. The summed E-state index contributed by atoms with van der Waals surface area (Å²) in [6, 6.07) is 10.9. The second-order valence-corrected chi connectivity index (χ2v) is 14.1. The average Bonchev–Trinajstić information content (AvgIpc) is 3.30. The summed E-state index contributed by atoms with van der Waals surface area (Å²) in [5, 5.41) is 23.3. The molecule has 3 fully saturated rings. The number of anilines is 1. The Morgan fingerprint density at radius 2 is 1.64 bits per heavy atom. The maximum Gasteiger partial charge on any atom is 0.410 e. The Morgan fingerprint density at radius 1 is 0.940 bits per heavy atom. The van der Waals surface area contributed by atoms with Crippen LogP contribution in [-0.2, 0) is 27.2 Å². The number of carboxylic acids is 1. The molecule has 12 nitrogen and oxygen atoms in total. The summed E-state index contributed by atoms with van der Waals surface area (Å²) in [6.45, 7) is 6.70. The van der Waals surface area contributed by atoms with Gasteiger partial charge in [0, 0.05) is 56.9 Å². The van der Waals surface area contributed by atoms with Crippen molar-refractivity contribution in [1.29, 1.82) is 0 Å². The summed E-state index contributed by atoms with van der Waals surface area (Å²) < 4.78 is 6.05. The lowest BCUT2D eigenvalue weighted by Crippen LogP contribution is -2.55. The number of ether oxygens (including phenoxy) is 1. The highest BCUT2D eigenvalue weighted by atomic mass is 16.6. The molecule has 0 unspecified atom stereocenters. The van der Waals surface area contributed by atoms with Gasteiger partial charge in [-0.3, -0.25) is 14.5 Å². The van der Waals surface area contributed by atoms with Crippen molar-refractivity contribution < 1.29 is 34.1 Å². The summed E-state index contributed by atoms with van der Waals surface area (Å²) in [5.41, 5.74) is 4.04. The number of phenols is 1. The largest absolute Gasteiger partial charge is 0.508 e. The minimum Gasteiger partial charge on any atom is -0.508 e. The summed E-state index contributed by atoms with van der Waals surface area (Å²) in [7, 11) is 1.80. The average molecular weight is 687 g/mol. The predicted molar refractivity (Wildman–Crippen MR) is 190 cm³/mol. The zero-order chi connectivity index (χ0) is 35.4. The van der Waals surface area contributed by atoms with Gasteiger partial charge in [0.1, 0.15) is 11.8 Å². The molecule has 2 aromatic carbocycles. The number of fused-ring (bicyclic) bond motifs is 1. The van der Waals surface area contributed by atoms with Crippen LogP contribution in [0.15, 0.2) is 36.4 Å². The molecular weight excluding hydrogens is 637 g/mol. The second-order valence-electron chi connectivity index (χ2n) is 14.1. The number of nitrogens with zero attached hydrogens (tertiary/aromatic N) is 4. The van der Waals surface area contributed by atoms with E-state index in [1.54, 1.807) is 24.0 Å². The number of piperidine rings is 3. The number of carboxylic acid groups (broad SMARTS) is 1. The van der Waals surface area contributed by atoms with E-state index in [4.69, 9.17) is 4.74 Å². The zero-order valence-electron chi connectivity index (χ0n) is 29.2. The van der Waals surface area contributed by atoms with E-state index in [-0.39, 0.29) is 36.2 Å². The fourth-order valence-electron chi connectivity index (χ4n) is 8.19. The summed E-state index contributed by atoms with van der Waals surface area (Å²) in [4.78, 5) is 60.2. The molecule has 13 heteroatoms. The number of likely N-dealkylation sites (tertiary alicyclic amines) is 3. The van der Waals surface area contributed by atoms with Crippen molar-refractivity contribution >= 4 is 42.4 Å². The molecule has 4 heterocycles. The van der Waals surface area contributed by atoms with Crippen LogP contribution in [0.3, 0.4) is 0 Å². The second kappa shape index (κ2) is 15.7. The number of carbonyl (C=O) groups excluding carboxylic acids is 3. The molecule has 267 valence electrons. The fraction of sp³-hybridized carbons (Fsp3) is 0.568. The molecule has 0 spiro atoms. The van der Waals surface area contributed by atoms with Crippen LogP contribution < -0.4 is 10.8 Å². The van der Waals surface area contributed by atoms with E-state index < -0.39 is 24.2 Å². The molecule has 0 saturated carbocycles. The van der Waals surface area contributed by atoms with Gasteiger partial charge in [-0.15, -0.1) is 0 Å². The minimum absolute atomic E-state index is 0.0172. The number of urea groups is 1. The van der Waals surface area contributed by atoms with E-state index in [1.807, 2.05) is 48.1 Å².